The van der Waals surface area contributed by atoms with Crippen molar-refractivity contribution in [2.24, 2.45) is 11.7 Å². The topological polar surface area (TPSA) is 75.8 Å². The highest BCUT2D eigenvalue weighted by atomic mass is 19.1. The molecule has 4 rings (SSSR count). The summed E-state index contributed by atoms with van der Waals surface area (Å²) in [6.45, 7) is 3.55. The van der Waals surface area contributed by atoms with Crippen LogP contribution in [0.5, 0.6) is 5.75 Å². The fraction of sp³-hybridized carbons (Fsp3) is 0.435. The molecule has 2 unspecified atom stereocenters. The lowest BCUT2D eigenvalue weighted by Gasteiger charge is -2.40. The smallest absolute Gasteiger partial charge is 0.253 e. The van der Waals surface area contributed by atoms with E-state index in [-0.39, 0.29) is 23.9 Å². The molecule has 1 saturated heterocycles. The van der Waals surface area contributed by atoms with Crippen LogP contribution in [0.2, 0.25) is 0 Å². The third-order valence-corrected chi connectivity index (χ3v) is 6.27. The molecule has 1 fully saturated rings. The summed E-state index contributed by atoms with van der Waals surface area (Å²) in [5, 5.41) is 10.6. The minimum atomic E-state index is -0.345. The van der Waals surface area contributed by atoms with E-state index < -0.39 is 0 Å². The number of fused-ring (bicyclic) bond motifs is 1. The second-order valence-corrected chi connectivity index (χ2v) is 8.04. The predicted octanol–water partition coefficient (Wildman–Crippen LogP) is 3.33. The van der Waals surface area contributed by atoms with Gasteiger partial charge in [0.2, 0.25) is 0 Å². The number of carbonyl (C=O) groups is 1. The third kappa shape index (κ3) is 3.87. The predicted molar refractivity (Wildman–Crippen MR) is 108 cm³/mol. The van der Waals surface area contributed by atoms with Gasteiger partial charge in [-0.1, -0.05) is 12.1 Å². The first-order valence-corrected chi connectivity index (χ1v) is 10.2. The summed E-state index contributed by atoms with van der Waals surface area (Å²) in [7, 11) is 0. The molecule has 0 spiro atoms. The Morgan fingerprint density at radius 2 is 1.90 bits per heavy atom. The normalized spacial score (nSPS) is 22.4. The zero-order chi connectivity index (χ0) is 20.5. The Labute approximate surface area is 170 Å². The quantitative estimate of drug-likeness (QED) is 0.832. The van der Waals surface area contributed by atoms with Crippen molar-refractivity contribution in [3.05, 3.63) is 64.5 Å². The number of ether oxygens (including phenoxy) is 1. The van der Waals surface area contributed by atoms with Crippen molar-refractivity contribution in [1.82, 2.24) is 4.90 Å². The molecule has 2 aliphatic heterocycles. The van der Waals surface area contributed by atoms with Gasteiger partial charge in [-0.25, -0.2) is 4.39 Å². The van der Waals surface area contributed by atoms with E-state index in [4.69, 9.17) is 10.5 Å². The number of piperidine rings is 1. The minimum Gasteiger partial charge on any atom is -0.507 e. The number of halogens is 1. The SMILES string of the molecule is Cc1ccc2c(c1O)CC(C1CCN(C(=O)c3ccc(F)cc3)CC1)OC2CN. The zero-order valence-electron chi connectivity index (χ0n) is 16.6. The van der Waals surface area contributed by atoms with Crippen LogP contribution < -0.4 is 5.73 Å². The first kappa shape index (κ1) is 19.9. The van der Waals surface area contributed by atoms with E-state index in [0.29, 0.717) is 43.3 Å². The van der Waals surface area contributed by atoms with Gasteiger partial charge in [-0.2, -0.15) is 0 Å². The van der Waals surface area contributed by atoms with Crippen LogP contribution in [0.4, 0.5) is 4.39 Å². The second-order valence-electron chi connectivity index (χ2n) is 8.04. The largest absolute Gasteiger partial charge is 0.507 e. The highest BCUT2D eigenvalue weighted by Gasteiger charge is 2.36. The lowest BCUT2D eigenvalue weighted by molar-refractivity contribution is -0.0632. The molecule has 0 aliphatic carbocycles. The number of phenols is 1. The number of likely N-dealkylation sites (tertiary alicyclic amines) is 1. The number of rotatable bonds is 3. The van der Waals surface area contributed by atoms with Crippen LogP contribution in [0.25, 0.3) is 0 Å². The van der Waals surface area contributed by atoms with Crippen molar-refractivity contribution in [2.75, 3.05) is 19.6 Å². The molecule has 2 aromatic carbocycles. The maximum absolute atomic E-state index is 13.1. The van der Waals surface area contributed by atoms with Crippen molar-refractivity contribution in [3.8, 4) is 5.75 Å². The number of hydrogen-bond acceptors (Lipinski definition) is 4. The second kappa shape index (κ2) is 8.13. The van der Waals surface area contributed by atoms with E-state index in [2.05, 4.69) is 0 Å². The van der Waals surface area contributed by atoms with E-state index in [0.717, 1.165) is 29.5 Å². The summed E-state index contributed by atoms with van der Waals surface area (Å²) in [6.07, 6.45) is 2.09. The third-order valence-electron chi connectivity index (χ3n) is 6.27. The first-order chi connectivity index (χ1) is 14.0. The summed E-state index contributed by atoms with van der Waals surface area (Å²) >= 11 is 0. The van der Waals surface area contributed by atoms with Crippen molar-refractivity contribution in [1.29, 1.82) is 0 Å². The van der Waals surface area contributed by atoms with Gasteiger partial charge in [-0.15, -0.1) is 0 Å². The number of benzene rings is 2. The molecule has 0 radical (unpaired) electrons. The molecule has 1 amide bonds. The fourth-order valence-electron chi connectivity index (χ4n) is 4.53. The molecule has 3 N–H and O–H groups in total. The van der Waals surface area contributed by atoms with Gasteiger partial charge in [0, 0.05) is 37.2 Å². The van der Waals surface area contributed by atoms with Gasteiger partial charge in [-0.05, 0) is 61.1 Å². The van der Waals surface area contributed by atoms with E-state index in [1.54, 1.807) is 0 Å². The van der Waals surface area contributed by atoms with Crippen LogP contribution in [0.1, 0.15) is 46.0 Å². The molecule has 6 heteroatoms. The van der Waals surface area contributed by atoms with Gasteiger partial charge in [0.1, 0.15) is 11.6 Å². The van der Waals surface area contributed by atoms with Crippen molar-refractivity contribution >= 4 is 5.91 Å². The first-order valence-electron chi connectivity index (χ1n) is 10.2. The molecule has 2 heterocycles. The number of nitrogens with two attached hydrogens (primary N) is 1. The van der Waals surface area contributed by atoms with Crippen molar-refractivity contribution in [3.63, 3.8) is 0 Å². The Kier molecular flexibility index (Phi) is 5.56. The fourth-order valence-corrected chi connectivity index (χ4v) is 4.53. The lowest BCUT2D eigenvalue weighted by Crippen LogP contribution is -2.44. The Bertz CT molecular complexity index is 892. The number of aromatic hydroxyl groups is 1. The van der Waals surface area contributed by atoms with Crippen LogP contribution >= 0.6 is 0 Å². The van der Waals surface area contributed by atoms with E-state index >= 15 is 0 Å². The summed E-state index contributed by atoms with van der Waals surface area (Å²) < 4.78 is 19.4. The molecule has 2 aliphatic rings. The van der Waals surface area contributed by atoms with Crippen LogP contribution in [0.15, 0.2) is 36.4 Å². The van der Waals surface area contributed by atoms with Gasteiger partial charge < -0.3 is 20.5 Å². The maximum Gasteiger partial charge on any atom is 0.253 e. The molecule has 0 aromatic heterocycles. The standard InChI is InChI=1S/C23H27FN2O3/c1-14-2-7-18-19(22(14)27)12-20(29-21(18)13-25)15-8-10-26(11-9-15)23(28)16-3-5-17(24)6-4-16/h2-7,15,20-21,27H,8-13,25H2,1H3. The summed E-state index contributed by atoms with van der Waals surface area (Å²) in [6, 6.07) is 9.59. The highest BCUT2D eigenvalue weighted by molar-refractivity contribution is 5.94. The summed E-state index contributed by atoms with van der Waals surface area (Å²) in [5.41, 5.74) is 9.25. The van der Waals surface area contributed by atoms with Crippen molar-refractivity contribution < 1.29 is 19.0 Å². The molecule has 2 aromatic rings. The monoisotopic (exact) mass is 398 g/mol. The Morgan fingerprint density at radius 1 is 1.21 bits per heavy atom. The summed E-state index contributed by atoms with van der Waals surface area (Å²) in [5.74, 6) is 0.238. The molecule has 29 heavy (non-hydrogen) atoms. The lowest BCUT2D eigenvalue weighted by atomic mass is 9.83. The number of aryl methyl sites for hydroxylation is 1. The number of amides is 1. The maximum atomic E-state index is 13.1. The zero-order valence-corrected chi connectivity index (χ0v) is 16.6. The number of phenolic OH excluding ortho intramolecular Hbond substituents is 1. The summed E-state index contributed by atoms with van der Waals surface area (Å²) in [4.78, 5) is 14.5. The van der Waals surface area contributed by atoms with Crippen LogP contribution in [-0.4, -0.2) is 41.7 Å². The van der Waals surface area contributed by atoms with Gasteiger partial charge in [0.05, 0.1) is 12.2 Å². The van der Waals surface area contributed by atoms with Gasteiger partial charge in [-0.3, -0.25) is 4.79 Å². The van der Waals surface area contributed by atoms with Gasteiger partial charge in [0.25, 0.3) is 5.91 Å². The molecule has 154 valence electrons. The van der Waals surface area contributed by atoms with E-state index in [9.17, 15) is 14.3 Å². The molecule has 2 atom stereocenters. The van der Waals surface area contributed by atoms with Crippen molar-refractivity contribution in [2.45, 2.75) is 38.4 Å². The molecule has 0 saturated carbocycles. The Morgan fingerprint density at radius 3 is 2.55 bits per heavy atom. The van der Waals surface area contributed by atoms with E-state index in [1.807, 2.05) is 24.0 Å². The van der Waals surface area contributed by atoms with Gasteiger partial charge >= 0.3 is 0 Å². The minimum absolute atomic E-state index is 0.0215. The van der Waals surface area contributed by atoms with E-state index in [1.165, 1.54) is 24.3 Å². The average Bonchev–Trinajstić information content (AvgIpc) is 2.76. The molecule has 0 bridgehead atoms. The van der Waals surface area contributed by atoms with Crippen LogP contribution in [-0.2, 0) is 11.2 Å². The molecule has 5 nitrogen and oxygen atoms in total. The number of nitrogens with zero attached hydrogens (tertiary/aromatic N) is 1. The van der Waals surface area contributed by atoms with Crippen LogP contribution in [0.3, 0.4) is 0 Å². The number of hydrogen-bond donors (Lipinski definition) is 2. The Balaban J connectivity index is 1.44. The number of carbonyl (C=O) groups excluding carboxylic acids is 1. The molecular weight excluding hydrogens is 371 g/mol. The highest BCUT2D eigenvalue weighted by Crippen LogP contribution is 2.40. The van der Waals surface area contributed by atoms with Gasteiger partial charge in [0.15, 0.2) is 0 Å². The van der Waals surface area contributed by atoms with Crippen LogP contribution in [0, 0.1) is 18.7 Å². The Hall–Kier alpha value is -2.44. The average molecular weight is 398 g/mol. The molecular formula is C23H27FN2O3.